The molecule has 0 fully saturated rings. The molecule has 0 aliphatic heterocycles. The highest BCUT2D eigenvalue weighted by atomic mass is 16.3. The number of hydrogen-bond donors (Lipinski definition) is 2. The number of aromatic nitrogens is 5. The molecule has 0 spiro atoms. The zero-order valence-corrected chi connectivity index (χ0v) is 16.9. The van der Waals surface area contributed by atoms with E-state index in [0.717, 1.165) is 5.56 Å². The molecule has 158 valence electrons. The molecule has 0 aliphatic rings. The Morgan fingerprint density at radius 1 is 1.09 bits per heavy atom. The fourth-order valence-electron chi connectivity index (χ4n) is 3.46. The zero-order valence-electron chi connectivity index (χ0n) is 16.9. The third-order valence-electron chi connectivity index (χ3n) is 5.01. The van der Waals surface area contributed by atoms with Gasteiger partial charge in [0.2, 0.25) is 0 Å². The smallest absolute Gasteiger partial charge is 0.274 e. The summed E-state index contributed by atoms with van der Waals surface area (Å²) in [6.07, 6.45) is 4.92. The second-order valence-corrected chi connectivity index (χ2v) is 7.14. The maximum Gasteiger partial charge on any atom is 0.274 e. The summed E-state index contributed by atoms with van der Waals surface area (Å²) in [6.45, 7) is 0.417. The van der Waals surface area contributed by atoms with Crippen LogP contribution in [0.25, 0.3) is 22.2 Å². The minimum atomic E-state index is -0.366. The average molecular weight is 426 g/mol. The number of nitrogens with zero attached hydrogens (tertiary/aromatic N) is 4. The average Bonchev–Trinajstić information content (AvgIpc) is 3.53. The van der Waals surface area contributed by atoms with Gasteiger partial charge in [0.15, 0.2) is 11.5 Å². The maximum absolute atomic E-state index is 12.9. The zero-order chi connectivity index (χ0) is 21.9. The van der Waals surface area contributed by atoms with E-state index in [1.165, 1.54) is 4.68 Å². The topological polar surface area (TPSA) is 119 Å². The van der Waals surface area contributed by atoms with Gasteiger partial charge in [0.1, 0.15) is 5.69 Å². The number of fused-ring (bicyclic) bond motifs is 1. The lowest BCUT2D eigenvalue weighted by atomic mass is 10.1. The lowest BCUT2D eigenvalue weighted by molar-refractivity contribution is 0.0945. The number of rotatable bonds is 6. The Morgan fingerprint density at radius 3 is 2.75 bits per heavy atom. The number of H-pyrrole nitrogens is 1. The maximum atomic E-state index is 12.9. The van der Waals surface area contributed by atoms with E-state index in [4.69, 9.17) is 4.42 Å². The van der Waals surface area contributed by atoms with Crippen LogP contribution in [0.1, 0.15) is 21.7 Å². The standard InChI is InChI=1S/C23H18N6O3/c30-22(19-11-18(26-27-19)21-8-4-10-32-21)25-13-20-16-6-1-2-7-17(16)23(31)29(28-20)14-15-5-3-9-24-12-15/h1-12H,13-14H2,(H,25,30)(H,26,27). The van der Waals surface area contributed by atoms with Gasteiger partial charge < -0.3 is 9.73 Å². The molecule has 0 atom stereocenters. The van der Waals surface area contributed by atoms with Gasteiger partial charge in [0.05, 0.1) is 30.4 Å². The van der Waals surface area contributed by atoms with Crippen LogP contribution in [0.3, 0.4) is 0 Å². The Morgan fingerprint density at radius 2 is 1.97 bits per heavy atom. The van der Waals surface area contributed by atoms with Crippen molar-refractivity contribution in [3.63, 3.8) is 0 Å². The number of benzene rings is 1. The number of furan rings is 1. The molecule has 0 saturated carbocycles. The molecule has 32 heavy (non-hydrogen) atoms. The van der Waals surface area contributed by atoms with E-state index in [2.05, 4.69) is 25.6 Å². The Labute approximate surface area is 181 Å². The molecule has 5 rings (SSSR count). The summed E-state index contributed by atoms with van der Waals surface area (Å²) in [7, 11) is 0. The van der Waals surface area contributed by atoms with Gasteiger partial charge in [-0.25, -0.2) is 4.68 Å². The number of pyridine rings is 1. The van der Waals surface area contributed by atoms with Crippen molar-refractivity contribution in [3.05, 3.63) is 101 Å². The largest absolute Gasteiger partial charge is 0.463 e. The Kier molecular flexibility index (Phi) is 5.04. The molecular formula is C23H18N6O3. The van der Waals surface area contributed by atoms with Gasteiger partial charge in [-0.1, -0.05) is 24.3 Å². The number of carbonyl (C=O) groups excluding carboxylic acids is 1. The van der Waals surface area contributed by atoms with Crippen molar-refractivity contribution in [2.45, 2.75) is 13.1 Å². The molecule has 9 heteroatoms. The summed E-state index contributed by atoms with van der Waals surface area (Å²) in [5, 5.41) is 15.4. The molecule has 4 heterocycles. The van der Waals surface area contributed by atoms with Crippen LogP contribution in [0.5, 0.6) is 0 Å². The van der Waals surface area contributed by atoms with Gasteiger partial charge in [0.25, 0.3) is 11.5 Å². The van der Waals surface area contributed by atoms with Gasteiger partial charge >= 0.3 is 0 Å². The minimum Gasteiger partial charge on any atom is -0.463 e. The van der Waals surface area contributed by atoms with Crippen LogP contribution >= 0.6 is 0 Å². The van der Waals surface area contributed by atoms with E-state index in [-0.39, 0.29) is 30.2 Å². The van der Waals surface area contributed by atoms with Gasteiger partial charge in [-0.2, -0.15) is 10.2 Å². The predicted octanol–water partition coefficient (Wildman–Crippen LogP) is 2.75. The molecule has 0 saturated heterocycles. The van der Waals surface area contributed by atoms with Gasteiger partial charge in [-0.05, 0) is 29.8 Å². The normalized spacial score (nSPS) is 11.0. The van der Waals surface area contributed by atoms with Crippen molar-refractivity contribution in [2.75, 3.05) is 0 Å². The van der Waals surface area contributed by atoms with E-state index in [1.807, 2.05) is 24.3 Å². The first-order valence-electron chi connectivity index (χ1n) is 9.94. The predicted molar refractivity (Wildman–Crippen MR) is 117 cm³/mol. The number of hydrogen-bond acceptors (Lipinski definition) is 6. The number of carbonyl (C=O) groups is 1. The molecule has 0 aliphatic carbocycles. The first-order valence-corrected chi connectivity index (χ1v) is 9.94. The minimum absolute atomic E-state index is 0.135. The monoisotopic (exact) mass is 426 g/mol. The summed E-state index contributed by atoms with van der Waals surface area (Å²) in [4.78, 5) is 29.7. The fourth-order valence-corrected chi connectivity index (χ4v) is 3.46. The highest BCUT2D eigenvalue weighted by Gasteiger charge is 2.15. The summed E-state index contributed by atoms with van der Waals surface area (Å²) < 4.78 is 6.71. The van der Waals surface area contributed by atoms with E-state index in [1.54, 1.807) is 49.0 Å². The van der Waals surface area contributed by atoms with Crippen molar-refractivity contribution in [3.8, 4) is 11.5 Å². The SMILES string of the molecule is O=C(NCc1nn(Cc2cccnc2)c(=O)c2ccccc12)c1cc(-c2ccco2)[nH]n1. The molecule has 2 N–H and O–H groups in total. The van der Waals surface area contributed by atoms with Crippen molar-refractivity contribution in [2.24, 2.45) is 0 Å². The molecular weight excluding hydrogens is 408 g/mol. The van der Waals surface area contributed by atoms with Crippen LogP contribution in [0.4, 0.5) is 0 Å². The number of aromatic amines is 1. The lowest BCUT2D eigenvalue weighted by Crippen LogP contribution is -2.29. The van der Waals surface area contributed by atoms with E-state index >= 15 is 0 Å². The van der Waals surface area contributed by atoms with Crippen molar-refractivity contribution >= 4 is 16.7 Å². The molecule has 0 radical (unpaired) electrons. The third-order valence-corrected chi connectivity index (χ3v) is 5.01. The van der Waals surface area contributed by atoms with Crippen molar-refractivity contribution < 1.29 is 9.21 Å². The van der Waals surface area contributed by atoms with Crippen LogP contribution in [0, 0.1) is 0 Å². The van der Waals surface area contributed by atoms with Gasteiger partial charge in [-0.15, -0.1) is 0 Å². The third kappa shape index (κ3) is 3.79. The first kappa shape index (κ1) is 19.4. The highest BCUT2D eigenvalue weighted by Crippen LogP contribution is 2.18. The number of amides is 1. The second kappa shape index (κ2) is 8.31. The summed E-state index contributed by atoms with van der Waals surface area (Å²) in [5.41, 5.74) is 2.07. The van der Waals surface area contributed by atoms with E-state index < -0.39 is 0 Å². The first-order chi connectivity index (χ1) is 15.7. The molecule has 4 aromatic heterocycles. The fraction of sp³-hybridized carbons (Fsp3) is 0.0870. The molecule has 5 aromatic rings. The summed E-state index contributed by atoms with van der Waals surface area (Å²) in [6, 6.07) is 16.1. The van der Waals surface area contributed by atoms with Crippen LogP contribution in [-0.4, -0.2) is 30.9 Å². The highest BCUT2D eigenvalue weighted by molar-refractivity contribution is 5.93. The summed E-state index contributed by atoms with van der Waals surface area (Å²) >= 11 is 0. The lowest BCUT2D eigenvalue weighted by Gasteiger charge is -2.11. The summed E-state index contributed by atoms with van der Waals surface area (Å²) in [5.74, 6) is 0.224. The Hall–Kier alpha value is -4.53. The van der Waals surface area contributed by atoms with Gasteiger partial charge in [0, 0.05) is 23.8 Å². The molecule has 1 amide bonds. The van der Waals surface area contributed by atoms with Crippen molar-refractivity contribution in [1.82, 2.24) is 30.3 Å². The van der Waals surface area contributed by atoms with Crippen LogP contribution < -0.4 is 10.9 Å². The van der Waals surface area contributed by atoms with Crippen molar-refractivity contribution in [1.29, 1.82) is 0 Å². The molecule has 9 nitrogen and oxygen atoms in total. The van der Waals surface area contributed by atoms with E-state index in [9.17, 15) is 9.59 Å². The molecule has 1 aromatic carbocycles. The Balaban J connectivity index is 1.41. The molecule has 0 unspecified atom stereocenters. The van der Waals surface area contributed by atoms with Crippen LogP contribution in [-0.2, 0) is 13.1 Å². The van der Waals surface area contributed by atoms with E-state index in [0.29, 0.717) is 27.9 Å². The second-order valence-electron chi connectivity index (χ2n) is 7.14. The number of nitrogens with one attached hydrogen (secondary N) is 2. The Bertz CT molecular complexity index is 1440. The van der Waals surface area contributed by atoms with Crippen LogP contribution in [0.15, 0.2) is 82.5 Å². The quantitative estimate of drug-likeness (QED) is 0.431. The molecule has 0 bridgehead atoms. The van der Waals surface area contributed by atoms with Gasteiger partial charge in [-0.3, -0.25) is 19.7 Å². The van der Waals surface area contributed by atoms with Crippen LogP contribution in [0.2, 0.25) is 0 Å².